The molecule has 0 amide bonds. The molecule has 0 unspecified atom stereocenters. The molecule has 0 bridgehead atoms. The van der Waals surface area contributed by atoms with Gasteiger partial charge in [-0.3, -0.25) is 3.97 Å². The van der Waals surface area contributed by atoms with Crippen molar-refractivity contribution in [2.24, 2.45) is 0 Å². The number of halogens is 2. The summed E-state index contributed by atoms with van der Waals surface area (Å²) in [7, 11) is 6.43. The quantitative estimate of drug-likeness (QED) is 0.327. The van der Waals surface area contributed by atoms with Crippen molar-refractivity contribution < 1.29 is 14.2 Å². The Morgan fingerprint density at radius 1 is 0.962 bits per heavy atom. The minimum Gasteiger partial charge on any atom is -0.493 e. The Bertz CT molecular complexity index is 875. The van der Waals surface area contributed by atoms with Crippen molar-refractivity contribution in [3.63, 3.8) is 0 Å². The summed E-state index contributed by atoms with van der Waals surface area (Å²) in [5.74, 6) is 1.84. The summed E-state index contributed by atoms with van der Waals surface area (Å²) in [6.45, 7) is 4.00. The molecule has 0 spiro atoms. The van der Waals surface area contributed by atoms with Gasteiger partial charge in [0.1, 0.15) is 0 Å². The zero-order chi connectivity index (χ0) is 19.3. The second-order valence-electron chi connectivity index (χ2n) is 4.88. The first-order chi connectivity index (χ1) is 12.6. The van der Waals surface area contributed by atoms with Crippen LogP contribution in [0.3, 0.4) is 0 Å². The predicted molar refractivity (Wildman–Crippen MR) is 126 cm³/mol. The summed E-state index contributed by atoms with van der Waals surface area (Å²) in [5.41, 5.74) is 2.91. The maximum absolute atomic E-state index is 5.44. The van der Waals surface area contributed by atoms with E-state index in [2.05, 4.69) is 65.0 Å². The SMILES string of the molecule is CC.COc1cc(-c2cnc3c(c2)c(I)cn3SI)cc(OC)c1OC. The van der Waals surface area contributed by atoms with Crippen molar-refractivity contribution in [1.82, 2.24) is 8.96 Å². The molecule has 0 atom stereocenters. The number of pyridine rings is 1. The van der Waals surface area contributed by atoms with E-state index in [1.807, 2.05) is 32.2 Å². The molecular weight excluding hydrogens is 578 g/mol. The van der Waals surface area contributed by atoms with Gasteiger partial charge in [0.2, 0.25) is 5.75 Å². The van der Waals surface area contributed by atoms with E-state index < -0.39 is 0 Å². The molecular formula is C18H20I2N2O3S. The summed E-state index contributed by atoms with van der Waals surface area (Å²) in [4.78, 5) is 4.62. The van der Waals surface area contributed by atoms with Crippen molar-refractivity contribution in [2.75, 3.05) is 21.3 Å². The monoisotopic (exact) mass is 598 g/mol. The first-order valence-electron chi connectivity index (χ1n) is 7.89. The Kier molecular flexibility index (Phi) is 8.14. The number of fused-ring (bicyclic) bond motifs is 1. The minimum atomic E-state index is 0.583. The van der Waals surface area contributed by atoms with E-state index in [1.165, 1.54) is 0 Å². The second kappa shape index (κ2) is 9.88. The molecule has 0 aliphatic carbocycles. The van der Waals surface area contributed by atoms with Crippen LogP contribution in [0.15, 0.2) is 30.6 Å². The van der Waals surface area contributed by atoms with Gasteiger partial charge in [-0.1, -0.05) is 13.8 Å². The molecule has 26 heavy (non-hydrogen) atoms. The van der Waals surface area contributed by atoms with Gasteiger partial charge in [0.25, 0.3) is 0 Å². The van der Waals surface area contributed by atoms with E-state index in [9.17, 15) is 0 Å². The Labute approximate surface area is 183 Å². The average Bonchev–Trinajstić information content (AvgIpc) is 3.03. The largest absolute Gasteiger partial charge is 0.493 e. The number of hydrogen-bond acceptors (Lipinski definition) is 5. The highest BCUT2D eigenvalue weighted by molar-refractivity contribution is 14.2. The number of nitrogens with zero attached hydrogens (tertiary/aromatic N) is 2. The second-order valence-corrected chi connectivity index (χ2v) is 7.76. The third-order valence-electron chi connectivity index (χ3n) is 3.64. The third-order valence-corrected chi connectivity index (χ3v) is 6.20. The van der Waals surface area contributed by atoms with Crippen LogP contribution in [0.5, 0.6) is 17.2 Å². The fourth-order valence-corrected chi connectivity index (χ4v) is 4.62. The fourth-order valence-electron chi connectivity index (χ4n) is 2.50. The van der Waals surface area contributed by atoms with Crippen molar-refractivity contribution in [3.8, 4) is 28.4 Å². The molecule has 1 aromatic carbocycles. The molecule has 0 saturated heterocycles. The zero-order valence-corrected chi connectivity index (χ0v) is 20.3. The van der Waals surface area contributed by atoms with E-state index in [0.717, 1.165) is 25.7 Å². The lowest BCUT2D eigenvalue weighted by molar-refractivity contribution is 0.324. The highest BCUT2D eigenvalue weighted by atomic mass is 127. The Morgan fingerprint density at radius 2 is 1.58 bits per heavy atom. The Morgan fingerprint density at radius 3 is 2.08 bits per heavy atom. The van der Waals surface area contributed by atoms with Gasteiger partial charge in [-0.15, -0.1) is 0 Å². The first kappa shape index (κ1) is 21.4. The number of methoxy groups -OCH3 is 3. The molecule has 2 heterocycles. The molecule has 3 aromatic rings. The van der Waals surface area contributed by atoms with Gasteiger partial charge in [0.15, 0.2) is 17.1 Å². The van der Waals surface area contributed by atoms with Crippen molar-refractivity contribution in [1.29, 1.82) is 0 Å². The molecule has 3 rings (SSSR count). The first-order valence-corrected chi connectivity index (χ1v) is 12.3. The molecule has 8 heteroatoms. The van der Waals surface area contributed by atoms with Crippen LogP contribution in [-0.2, 0) is 0 Å². The van der Waals surface area contributed by atoms with Gasteiger partial charge in [0, 0.05) is 57.2 Å². The van der Waals surface area contributed by atoms with E-state index >= 15 is 0 Å². The molecule has 0 radical (unpaired) electrons. The Balaban J connectivity index is 0.00000117. The van der Waals surface area contributed by atoms with Crippen LogP contribution in [0.2, 0.25) is 0 Å². The van der Waals surface area contributed by atoms with Gasteiger partial charge >= 0.3 is 0 Å². The summed E-state index contributed by atoms with van der Waals surface area (Å²) in [6.07, 6.45) is 3.94. The van der Waals surface area contributed by atoms with E-state index in [4.69, 9.17) is 14.2 Å². The van der Waals surface area contributed by atoms with E-state index in [0.29, 0.717) is 17.2 Å². The standard InChI is InChI=1S/C16H14I2N2O3S.C2H6/c1-21-13-5-9(6-14(22-2)15(13)23-3)10-4-11-12(17)8-20(24-18)16(11)19-7-10;1-2/h4-8H,1-3H3;1-2H3. The molecule has 140 valence electrons. The molecule has 0 saturated carbocycles. The van der Waals surface area contributed by atoms with Crippen LogP contribution in [0, 0.1) is 3.57 Å². The lowest BCUT2D eigenvalue weighted by atomic mass is 10.1. The van der Waals surface area contributed by atoms with Crippen LogP contribution in [0.4, 0.5) is 0 Å². The molecule has 0 aliphatic rings. The van der Waals surface area contributed by atoms with E-state index in [1.54, 1.807) is 30.4 Å². The lowest BCUT2D eigenvalue weighted by Gasteiger charge is -2.14. The Hall–Kier alpha value is -0.880. The smallest absolute Gasteiger partial charge is 0.203 e. The summed E-state index contributed by atoms with van der Waals surface area (Å²) >= 11 is 4.58. The highest BCUT2D eigenvalue weighted by Crippen LogP contribution is 2.41. The maximum atomic E-state index is 5.44. The van der Waals surface area contributed by atoms with Crippen LogP contribution in [0.1, 0.15) is 13.8 Å². The summed E-state index contributed by atoms with van der Waals surface area (Å²) < 4.78 is 19.5. The van der Waals surface area contributed by atoms with Crippen LogP contribution in [0.25, 0.3) is 22.2 Å². The van der Waals surface area contributed by atoms with Crippen molar-refractivity contribution >= 4 is 63.9 Å². The van der Waals surface area contributed by atoms with E-state index in [-0.39, 0.29) is 0 Å². The molecule has 5 nitrogen and oxygen atoms in total. The minimum absolute atomic E-state index is 0.583. The van der Waals surface area contributed by atoms with Gasteiger partial charge in [-0.05, 0) is 46.4 Å². The predicted octanol–water partition coefficient (Wildman–Crippen LogP) is 6.21. The normalized spacial score (nSPS) is 10.3. The van der Waals surface area contributed by atoms with Gasteiger partial charge < -0.3 is 14.2 Å². The number of benzene rings is 1. The van der Waals surface area contributed by atoms with Gasteiger partial charge in [-0.2, -0.15) is 0 Å². The number of aromatic nitrogens is 2. The molecule has 2 aromatic heterocycles. The summed E-state index contributed by atoms with van der Waals surface area (Å²) in [6, 6.07) is 6.00. The number of hydrogen-bond donors (Lipinski definition) is 0. The molecule has 0 N–H and O–H groups in total. The summed E-state index contributed by atoms with van der Waals surface area (Å²) in [5, 5.41) is 1.12. The zero-order valence-electron chi connectivity index (χ0n) is 15.2. The molecule has 0 aliphatic heterocycles. The lowest BCUT2D eigenvalue weighted by Crippen LogP contribution is -1.96. The third kappa shape index (κ3) is 4.16. The van der Waals surface area contributed by atoms with Gasteiger partial charge in [0.05, 0.1) is 21.3 Å². The van der Waals surface area contributed by atoms with Crippen LogP contribution < -0.4 is 14.2 Å². The topological polar surface area (TPSA) is 45.5 Å². The fraction of sp³-hybridized carbons (Fsp3) is 0.278. The number of rotatable bonds is 5. The maximum Gasteiger partial charge on any atom is 0.203 e. The van der Waals surface area contributed by atoms with Crippen LogP contribution in [-0.4, -0.2) is 30.3 Å². The van der Waals surface area contributed by atoms with Crippen molar-refractivity contribution in [2.45, 2.75) is 13.8 Å². The van der Waals surface area contributed by atoms with Gasteiger partial charge in [-0.25, -0.2) is 4.98 Å². The van der Waals surface area contributed by atoms with Crippen molar-refractivity contribution in [3.05, 3.63) is 34.2 Å². The average molecular weight is 598 g/mol. The molecule has 0 fully saturated rings. The van der Waals surface area contributed by atoms with Crippen LogP contribution >= 0.6 is 52.9 Å². The number of ether oxygens (including phenoxy) is 3. The highest BCUT2D eigenvalue weighted by Gasteiger charge is 2.16.